The summed E-state index contributed by atoms with van der Waals surface area (Å²) in [6.07, 6.45) is 0. The molecule has 0 aliphatic heterocycles. The van der Waals surface area contributed by atoms with Crippen molar-refractivity contribution < 1.29 is 9.47 Å². The summed E-state index contributed by atoms with van der Waals surface area (Å²) in [5.74, 6) is 2.52. The van der Waals surface area contributed by atoms with Crippen molar-refractivity contribution in [2.24, 2.45) is 11.8 Å². The van der Waals surface area contributed by atoms with E-state index in [4.69, 9.17) is 9.47 Å². The van der Waals surface area contributed by atoms with Crippen LogP contribution in [0.1, 0.15) is 27.7 Å². The largest absolute Gasteiger partial charge is 0.489 e. The smallest absolute Gasteiger partial charge is 0.161 e. The highest BCUT2D eigenvalue weighted by Crippen LogP contribution is 2.26. The average Bonchev–Trinajstić information content (AvgIpc) is 2.24. The van der Waals surface area contributed by atoms with E-state index in [-0.39, 0.29) is 0 Å². The molecule has 2 radical (unpaired) electrons. The summed E-state index contributed by atoms with van der Waals surface area (Å²) in [4.78, 5) is 0. The molecule has 0 atom stereocenters. The normalized spacial score (nSPS) is 10.9. The zero-order valence-electron chi connectivity index (χ0n) is 10.5. The first-order valence-corrected chi connectivity index (χ1v) is 5.77. The van der Waals surface area contributed by atoms with Crippen molar-refractivity contribution in [3.05, 3.63) is 24.3 Å². The predicted octanol–water partition coefficient (Wildman–Crippen LogP) is 3.36. The monoisotopic (exact) mass is 220 g/mol. The molecule has 1 rings (SSSR count). The molecule has 0 aromatic heterocycles. The van der Waals surface area contributed by atoms with E-state index in [0.29, 0.717) is 25.0 Å². The molecule has 88 valence electrons. The first-order valence-electron chi connectivity index (χ1n) is 5.77. The van der Waals surface area contributed by atoms with Gasteiger partial charge < -0.3 is 9.47 Å². The van der Waals surface area contributed by atoms with Gasteiger partial charge in [-0.15, -0.1) is 0 Å². The lowest BCUT2D eigenvalue weighted by Crippen LogP contribution is -2.08. The van der Waals surface area contributed by atoms with Gasteiger partial charge in [0.2, 0.25) is 0 Å². The van der Waals surface area contributed by atoms with Crippen molar-refractivity contribution in [1.82, 2.24) is 0 Å². The number of benzene rings is 1. The first-order chi connectivity index (χ1) is 7.59. The van der Waals surface area contributed by atoms with Gasteiger partial charge in [0, 0.05) is 0 Å². The van der Waals surface area contributed by atoms with Gasteiger partial charge in [-0.1, -0.05) is 27.7 Å². The minimum Gasteiger partial charge on any atom is -0.489 e. The van der Waals surface area contributed by atoms with Crippen LogP contribution in [-0.4, -0.2) is 13.2 Å². The Morgan fingerprint density at radius 2 is 1.25 bits per heavy atom. The Labute approximate surface area is 98.6 Å². The van der Waals surface area contributed by atoms with Crippen molar-refractivity contribution in [1.29, 1.82) is 0 Å². The topological polar surface area (TPSA) is 18.5 Å². The Morgan fingerprint density at radius 3 is 1.56 bits per heavy atom. The summed E-state index contributed by atoms with van der Waals surface area (Å²) in [7, 11) is 0. The standard InChI is InChI=1S/C14H20O2/c1-11(2)9-15-13-7-5-6-8-14(13)16-10-12(3)4/h7-8,11-12H,9-10H2,1-4H3. The zero-order chi connectivity index (χ0) is 12.0. The van der Waals surface area contributed by atoms with Crippen LogP contribution < -0.4 is 9.47 Å². The van der Waals surface area contributed by atoms with E-state index in [1.807, 2.05) is 0 Å². The third kappa shape index (κ3) is 4.56. The molecule has 0 amide bonds. The van der Waals surface area contributed by atoms with E-state index in [2.05, 4.69) is 39.8 Å². The van der Waals surface area contributed by atoms with Crippen LogP contribution in [0.4, 0.5) is 0 Å². The fourth-order valence-electron chi connectivity index (χ4n) is 1.10. The van der Waals surface area contributed by atoms with Crippen molar-refractivity contribution in [2.75, 3.05) is 13.2 Å². The lowest BCUT2D eigenvalue weighted by molar-refractivity contribution is 0.229. The van der Waals surface area contributed by atoms with Crippen LogP contribution in [0.3, 0.4) is 0 Å². The van der Waals surface area contributed by atoms with E-state index in [1.165, 1.54) is 0 Å². The average molecular weight is 220 g/mol. The van der Waals surface area contributed by atoms with Gasteiger partial charge in [-0.3, -0.25) is 0 Å². The summed E-state index contributed by atoms with van der Waals surface area (Å²) >= 11 is 0. The van der Waals surface area contributed by atoms with Crippen molar-refractivity contribution >= 4 is 0 Å². The quantitative estimate of drug-likeness (QED) is 0.732. The SMILES string of the molecule is CC(C)COc1c[c][c]cc1OCC(C)C. The lowest BCUT2D eigenvalue weighted by Gasteiger charge is -2.14. The second-order valence-electron chi connectivity index (χ2n) is 4.72. The second kappa shape index (κ2) is 6.41. The van der Waals surface area contributed by atoms with Gasteiger partial charge in [0.1, 0.15) is 0 Å². The third-order valence-corrected chi connectivity index (χ3v) is 1.88. The fourth-order valence-corrected chi connectivity index (χ4v) is 1.10. The minimum absolute atomic E-state index is 0.502. The van der Waals surface area contributed by atoms with Crippen molar-refractivity contribution in [3.8, 4) is 11.5 Å². The molecular weight excluding hydrogens is 200 g/mol. The van der Waals surface area contributed by atoms with Gasteiger partial charge in [-0.2, -0.15) is 0 Å². The van der Waals surface area contributed by atoms with Crippen LogP contribution in [0, 0.1) is 24.0 Å². The molecule has 16 heavy (non-hydrogen) atoms. The molecule has 0 heterocycles. The maximum absolute atomic E-state index is 5.65. The lowest BCUT2D eigenvalue weighted by atomic mass is 10.2. The number of ether oxygens (including phenoxy) is 2. The number of hydrogen-bond donors (Lipinski definition) is 0. The first kappa shape index (κ1) is 12.9. The summed E-state index contributed by atoms with van der Waals surface area (Å²) in [6, 6.07) is 9.32. The summed E-state index contributed by atoms with van der Waals surface area (Å²) in [5.41, 5.74) is 0. The van der Waals surface area contributed by atoms with E-state index >= 15 is 0 Å². The van der Waals surface area contributed by atoms with E-state index in [9.17, 15) is 0 Å². The Balaban J connectivity index is 2.60. The maximum Gasteiger partial charge on any atom is 0.161 e. The maximum atomic E-state index is 5.65. The summed E-state index contributed by atoms with van der Waals surface area (Å²) < 4.78 is 11.3. The zero-order valence-corrected chi connectivity index (χ0v) is 10.5. The number of rotatable bonds is 6. The highest BCUT2D eigenvalue weighted by Gasteiger charge is 2.06. The highest BCUT2D eigenvalue weighted by molar-refractivity contribution is 5.38. The molecule has 1 aromatic carbocycles. The van der Waals surface area contributed by atoms with E-state index in [1.54, 1.807) is 12.1 Å². The van der Waals surface area contributed by atoms with Crippen LogP contribution in [0.5, 0.6) is 11.5 Å². The molecule has 0 aliphatic carbocycles. The minimum atomic E-state index is 0.502. The molecule has 2 nitrogen and oxygen atoms in total. The van der Waals surface area contributed by atoms with Gasteiger partial charge in [-0.25, -0.2) is 0 Å². The number of hydrogen-bond acceptors (Lipinski definition) is 2. The van der Waals surface area contributed by atoms with Gasteiger partial charge >= 0.3 is 0 Å². The third-order valence-electron chi connectivity index (χ3n) is 1.88. The second-order valence-corrected chi connectivity index (χ2v) is 4.72. The molecular formula is C14H20O2. The molecule has 0 saturated heterocycles. The summed E-state index contributed by atoms with van der Waals surface area (Å²) in [6.45, 7) is 9.85. The highest BCUT2D eigenvalue weighted by atomic mass is 16.5. The Morgan fingerprint density at radius 1 is 0.875 bits per heavy atom. The molecule has 0 spiro atoms. The molecule has 2 heteroatoms. The Kier molecular flexibility index (Phi) is 5.17. The molecule has 1 aromatic rings. The molecule has 0 fully saturated rings. The Hall–Kier alpha value is -1.18. The predicted molar refractivity (Wildman–Crippen MR) is 64.8 cm³/mol. The Bertz CT molecular complexity index is 274. The van der Waals surface area contributed by atoms with Gasteiger partial charge in [0.05, 0.1) is 13.2 Å². The van der Waals surface area contributed by atoms with E-state index in [0.717, 1.165) is 11.5 Å². The van der Waals surface area contributed by atoms with Crippen LogP contribution in [0.2, 0.25) is 0 Å². The molecule has 0 bridgehead atoms. The van der Waals surface area contributed by atoms with Crippen LogP contribution in [-0.2, 0) is 0 Å². The molecule has 0 saturated carbocycles. The fraction of sp³-hybridized carbons (Fsp3) is 0.571. The van der Waals surface area contributed by atoms with E-state index < -0.39 is 0 Å². The van der Waals surface area contributed by atoms with Crippen LogP contribution in [0.15, 0.2) is 12.1 Å². The van der Waals surface area contributed by atoms with Gasteiger partial charge in [0.15, 0.2) is 11.5 Å². The van der Waals surface area contributed by atoms with Crippen LogP contribution >= 0.6 is 0 Å². The van der Waals surface area contributed by atoms with Crippen LogP contribution in [0.25, 0.3) is 0 Å². The molecule has 0 unspecified atom stereocenters. The summed E-state index contributed by atoms with van der Waals surface area (Å²) in [5, 5.41) is 0. The van der Waals surface area contributed by atoms with Gasteiger partial charge in [0.25, 0.3) is 0 Å². The molecule has 0 aliphatic rings. The van der Waals surface area contributed by atoms with Gasteiger partial charge in [-0.05, 0) is 36.1 Å². The molecule has 0 N–H and O–H groups in total. The van der Waals surface area contributed by atoms with Crippen molar-refractivity contribution in [3.63, 3.8) is 0 Å². The van der Waals surface area contributed by atoms with Crippen molar-refractivity contribution in [2.45, 2.75) is 27.7 Å².